The number of rotatable bonds is 7. The average molecular weight is 341 g/mol. The molecule has 1 rings (SSSR count). The first-order chi connectivity index (χ1) is 9.47. The van der Waals surface area contributed by atoms with Crippen LogP contribution in [0.2, 0.25) is 0 Å². The Kier molecular flexibility index (Phi) is 6.83. The molecule has 1 aromatic carbocycles. The van der Waals surface area contributed by atoms with Crippen molar-refractivity contribution in [2.45, 2.75) is 33.4 Å². The van der Waals surface area contributed by atoms with Gasteiger partial charge < -0.3 is 14.8 Å². The Morgan fingerprint density at radius 3 is 2.60 bits per heavy atom. The standard InChI is InChI=1S/C15H21BrN2O2/c1-10(2)8-18-9-12-5-13(16)15(14(6-12)19-4)20-11(3)7-17/h5-6,10-11,18H,8-9H2,1-4H3. The molecule has 0 aliphatic rings. The highest BCUT2D eigenvalue weighted by atomic mass is 79.9. The highest BCUT2D eigenvalue weighted by Gasteiger charge is 2.14. The molecule has 1 unspecified atom stereocenters. The van der Waals surface area contributed by atoms with Gasteiger partial charge in [-0.2, -0.15) is 5.26 Å². The predicted octanol–water partition coefficient (Wildman–Crippen LogP) is 3.49. The molecule has 4 nitrogen and oxygen atoms in total. The molecule has 0 fully saturated rings. The van der Waals surface area contributed by atoms with E-state index in [4.69, 9.17) is 14.7 Å². The second kappa shape index (κ2) is 8.13. The van der Waals surface area contributed by atoms with E-state index in [0.717, 1.165) is 23.1 Å². The molecule has 0 spiro atoms. The highest BCUT2D eigenvalue weighted by Crippen LogP contribution is 2.37. The summed E-state index contributed by atoms with van der Waals surface area (Å²) >= 11 is 3.48. The fraction of sp³-hybridized carbons (Fsp3) is 0.533. The van der Waals surface area contributed by atoms with E-state index in [-0.39, 0.29) is 0 Å². The third-order valence-electron chi connectivity index (χ3n) is 2.65. The van der Waals surface area contributed by atoms with Crippen molar-refractivity contribution in [3.63, 3.8) is 0 Å². The lowest BCUT2D eigenvalue weighted by Gasteiger charge is -2.16. The summed E-state index contributed by atoms with van der Waals surface area (Å²) in [4.78, 5) is 0. The van der Waals surface area contributed by atoms with Gasteiger partial charge in [0, 0.05) is 6.54 Å². The van der Waals surface area contributed by atoms with Crippen LogP contribution < -0.4 is 14.8 Å². The Morgan fingerprint density at radius 2 is 2.05 bits per heavy atom. The number of hydrogen-bond donors (Lipinski definition) is 1. The molecular weight excluding hydrogens is 320 g/mol. The van der Waals surface area contributed by atoms with Gasteiger partial charge in [-0.1, -0.05) is 13.8 Å². The Hall–Kier alpha value is -1.25. The number of nitriles is 1. The minimum Gasteiger partial charge on any atom is -0.493 e. The van der Waals surface area contributed by atoms with Crippen molar-refractivity contribution in [2.24, 2.45) is 5.92 Å². The molecule has 0 heterocycles. The molecule has 1 N–H and O–H groups in total. The van der Waals surface area contributed by atoms with Gasteiger partial charge in [0.05, 0.1) is 11.6 Å². The average Bonchev–Trinajstić information content (AvgIpc) is 2.40. The van der Waals surface area contributed by atoms with Gasteiger partial charge in [0.2, 0.25) is 0 Å². The third kappa shape index (κ3) is 5.03. The molecule has 0 aromatic heterocycles. The summed E-state index contributed by atoms with van der Waals surface area (Å²) in [6, 6.07) is 5.95. The van der Waals surface area contributed by atoms with Crippen LogP contribution in [-0.4, -0.2) is 19.8 Å². The third-order valence-corrected chi connectivity index (χ3v) is 3.24. The molecule has 20 heavy (non-hydrogen) atoms. The molecule has 0 amide bonds. The monoisotopic (exact) mass is 340 g/mol. The summed E-state index contributed by atoms with van der Waals surface area (Å²) in [7, 11) is 1.59. The lowest BCUT2D eigenvalue weighted by molar-refractivity contribution is 0.258. The van der Waals surface area contributed by atoms with E-state index in [1.807, 2.05) is 18.2 Å². The van der Waals surface area contributed by atoms with E-state index in [9.17, 15) is 0 Å². The maximum Gasteiger partial charge on any atom is 0.181 e. The first-order valence-corrected chi connectivity index (χ1v) is 7.40. The predicted molar refractivity (Wildman–Crippen MR) is 82.9 cm³/mol. The Morgan fingerprint density at radius 1 is 1.35 bits per heavy atom. The van der Waals surface area contributed by atoms with E-state index in [1.165, 1.54) is 0 Å². The largest absolute Gasteiger partial charge is 0.493 e. The van der Waals surface area contributed by atoms with Gasteiger partial charge in [-0.3, -0.25) is 0 Å². The van der Waals surface area contributed by atoms with Gasteiger partial charge in [0.15, 0.2) is 17.6 Å². The molecule has 5 heteroatoms. The highest BCUT2D eigenvalue weighted by molar-refractivity contribution is 9.10. The van der Waals surface area contributed by atoms with Gasteiger partial charge in [-0.05, 0) is 53.0 Å². The second-order valence-corrected chi connectivity index (χ2v) is 5.88. The van der Waals surface area contributed by atoms with Crippen LogP contribution in [0.15, 0.2) is 16.6 Å². The van der Waals surface area contributed by atoms with E-state index >= 15 is 0 Å². The first-order valence-electron chi connectivity index (χ1n) is 6.61. The summed E-state index contributed by atoms with van der Waals surface area (Å²) in [5.41, 5.74) is 1.10. The lowest BCUT2D eigenvalue weighted by Crippen LogP contribution is -2.19. The summed E-state index contributed by atoms with van der Waals surface area (Å²) < 4.78 is 11.7. The molecule has 0 saturated heterocycles. The van der Waals surface area contributed by atoms with Crippen molar-refractivity contribution in [3.8, 4) is 17.6 Å². The van der Waals surface area contributed by atoms with Crippen molar-refractivity contribution < 1.29 is 9.47 Å². The summed E-state index contributed by atoms with van der Waals surface area (Å²) in [5.74, 6) is 1.80. The topological polar surface area (TPSA) is 54.3 Å². The van der Waals surface area contributed by atoms with Crippen LogP contribution in [0.5, 0.6) is 11.5 Å². The van der Waals surface area contributed by atoms with Gasteiger partial charge in [0.1, 0.15) is 6.07 Å². The Balaban J connectivity index is 2.87. The normalized spacial score (nSPS) is 12.1. The number of nitrogens with one attached hydrogen (secondary N) is 1. The summed E-state index contributed by atoms with van der Waals surface area (Å²) in [6.45, 7) is 7.77. The SMILES string of the molecule is COc1cc(CNCC(C)C)cc(Br)c1OC(C)C#N. The van der Waals surface area contributed by atoms with Crippen LogP contribution in [0.1, 0.15) is 26.3 Å². The number of hydrogen-bond acceptors (Lipinski definition) is 4. The van der Waals surface area contributed by atoms with Crippen LogP contribution in [0, 0.1) is 17.2 Å². The quantitative estimate of drug-likeness (QED) is 0.825. The van der Waals surface area contributed by atoms with E-state index in [2.05, 4.69) is 35.1 Å². The van der Waals surface area contributed by atoms with Crippen LogP contribution in [0.4, 0.5) is 0 Å². The molecule has 1 atom stereocenters. The van der Waals surface area contributed by atoms with Gasteiger partial charge in [-0.15, -0.1) is 0 Å². The zero-order chi connectivity index (χ0) is 15.1. The maximum absolute atomic E-state index is 8.83. The number of halogens is 1. The van der Waals surface area contributed by atoms with Crippen LogP contribution >= 0.6 is 15.9 Å². The zero-order valence-electron chi connectivity index (χ0n) is 12.4. The minimum absolute atomic E-state index is 0.523. The van der Waals surface area contributed by atoms with Crippen molar-refractivity contribution in [1.82, 2.24) is 5.32 Å². The fourth-order valence-corrected chi connectivity index (χ4v) is 2.28. The van der Waals surface area contributed by atoms with Gasteiger partial charge in [0.25, 0.3) is 0 Å². The molecule has 0 aliphatic heterocycles. The minimum atomic E-state index is -0.523. The molecule has 110 valence electrons. The van der Waals surface area contributed by atoms with E-state index < -0.39 is 6.10 Å². The number of benzene rings is 1. The van der Waals surface area contributed by atoms with E-state index in [0.29, 0.717) is 17.4 Å². The molecule has 0 saturated carbocycles. The Labute approximate surface area is 129 Å². The smallest absolute Gasteiger partial charge is 0.181 e. The van der Waals surface area contributed by atoms with Crippen LogP contribution in [0.3, 0.4) is 0 Å². The molecule has 0 aliphatic carbocycles. The first kappa shape index (κ1) is 16.8. The number of ether oxygens (including phenoxy) is 2. The van der Waals surface area contributed by atoms with E-state index in [1.54, 1.807) is 14.0 Å². The molecule has 1 aromatic rings. The van der Waals surface area contributed by atoms with Crippen LogP contribution in [0.25, 0.3) is 0 Å². The van der Waals surface area contributed by atoms with Crippen LogP contribution in [-0.2, 0) is 6.54 Å². The molecular formula is C15H21BrN2O2. The van der Waals surface area contributed by atoms with Crippen molar-refractivity contribution >= 4 is 15.9 Å². The summed E-state index contributed by atoms with van der Waals surface area (Å²) in [5, 5.41) is 12.2. The molecule has 0 radical (unpaired) electrons. The van der Waals surface area contributed by atoms with Crippen molar-refractivity contribution in [2.75, 3.05) is 13.7 Å². The Bertz CT molecular complexity index is 483. The van der Waals surface area contributed by atoms with Crippen molar-refractivity contribution in [3.05, 3.63) is 22.2 Å². The zero-order valence-corrected chi connectivity index (χ0v) is 14.0. The molecule has 0 bridgehead atoms. The fourth-order valence-electron chi connectivity index (χ4n) is 1.70. The van der Waals surface area contributed by atoms with Gasteiger partial charge in [-0.25, -0.2) is 0 Å². The number of nitrogens with zero attached hydrogens (tertiary/aromatic N) is 1. The maximum atomic E-state index is 8.83. The van der Waals surface area contributed by atoms with Gasteiger partial charge >= 0.3 is 0 Å². The second-order valence-electron chi connectivity index (χ2n) is 5.02. The summed E-state index contributed by atoms with van der Waals surface area (Å²) in [6.07, 6.45) is -0.523. The number of methoxy groups -OCH3 is 1. The lowest BCUT2D eigenvalue weighted by atomic mass is 10.1. The van der Waals surface area contributed by atoms with Crippen molar-refractivity contribution in [1.29, 1.82) is 5.26 Å².